The molecule has 2 aliphatic rings. The zero-order valence-corrected chi connectivity index (χ0v) is 21.7. The van der Waals surface area contributed by atoms with E-state index < -0.39 is 12.1 Å². The molecule has 1 spiro atoms. The van der Waals surface area contributed by atoms with Gasteiger partial charge in [-0.25, -0.2) is 9.37 Å². The molecule has 2 heterocycles. The average molecular weight is 496 g/mol. The number of hydrogen-bond donors (Lipinski definition) is 3. The molecule has 7 heteroatoms. The Morgan fingerprint density at radius 2 is 1.92 bits per heavy atom. The minimum atomic E-state index is -0.839. The molecule has 36 heavy (non-hydrogen) atoms. The standard InChI is InChI=1S/C29H38FN3O3/c1-19(34)33-24(14-20-7-9-22(30)10-8-20)26(35)18-31-25-16-29(11-5-6-12-29)36-27-23(25)13-21(17-32-27)15-28(2,3)4/h5-10,13,17,24-26,31,35H,11-12,14-16,18H2,1-4H3,(H,33,34)/t24-,25-,26+/m0/s1. The van der Waals surface area contributed by atoms with E-state index in [9.17, 15) is 14.3 Å². The summed E-state index contributed by atoms with van der Waals surface area (Å²) in [5.74, 6) is 0.119. The Morgan fingerprint density at radius 1 is 1.22 bits per heavy atom. The van der Waals surface area contributed by atoms with Crippen molar-refractivity contribution in [2.75, 3.05) is 6.54 Å². The van der Waals surface area contributed by atoms with Crippen molar-refractivity contribution < 1.29 is 19.0 Å². The number of aliphatic hydroxyl groups excluding tert-OH is 1. The summed E-state index contributed by atoms with van der Waals surface area (Å²) in [5, 5.41) is 17.5. The van der Waals surface area contributed by atoms with Gasteiger partial charge in [0, 0.05) is 50.5 Å². The molecule has 1 amide bonds. The van der Waals surface area contributed by atoms with Gasteiger partial charge in [-0.3, -0.25) is 4.79 Å². The number of carbonyl (C=O) groups is 1. The SMILES string of the molecule is CC(=O)N[C@@H](Cc1ccc(F)cc1)[C@H](O)CN[C@H]1CC2(CC=CC2)Oc2ncc(CC(C)(C)C)cc21. The van der Waals surface area contributed by atoms with Crippen molar-refractivity contribution in [3.63, 3.8) is 0 Å². The van der Waals surface area contributed by atoms with Crippen LogP contribution in [0.2, 0.25) is 0 Å². The van der Waals surface area contributed by atoms with Crippen LogP contribution < -0.4 is 15.4 Å². The first-order valence-corrected chi connectivity index (χ1v) is 12.8. The van der Waals surface area contributed by atoms with E-state index in [2.05, 4.69) is 49.6 Å². The minimum absolute atomic E-state index is 0.0421. The molecule has 1 aromatic heterocycles. The lowest BCUT2D eigenvalue weighted by atomic mass is 9.84. The van der Waals surface area contributed by atoms with Crippen LogP contribution >= 0.6 is 0 Å². The number of aromatic nitrogens is 1. The number of carbonyl (C=O) groups excluding carboxylic acids is 1. The number of hydrogen-bond acceptors (Lipinski definition) is 5. The number of rotatable bonds is 8. The van der Waals surface area contributed by atoms with Crippen LogP contribution in [0.25, 0.3) is 0 Å². The summed E-state index contributed by atoms with van der Waals surface area (Å²) in [4.78, 5) is 16.6. The third-order valence-electron chi connectivity index (χ3n) is 6.88. The van der Waals surface area contributed by atoms with E-state index in [1.54, 1.807) is 12.1 Å². The van der Waals surface area contributed by atoms with E-state index in [1.165, 1.54) is 19.1 Å². The minimum Gasteiger partial charge on any atom is -0.470 e. The molecule has 1 aliphatic heterocycles. The van der Waals surface area contributed by atoms with Gasteiger partial charge in [-0.2, -0.15) is 0 Å². The van der Waals surface area contributed by atoms with Gasteiger partial charge in [0.15, 0.2) is 0 Å². The molecule has 0 radical (unpaired) electrons. The highest BCUT2D eigenvalue weighted by Crippen LogP contribution is 2.44. The van der Waals surface area contributed by atoms with E-state index in [4.69, 9.17) is 9.72 Å². The predicted octanol–water partition coefficient (Wildman–Crippen LogP) is 4.42. The zero-order valence-electron chi connectivity index (χ0n) is 21.7. The van der Waals surface area contributed by atoms with Crippen molar-refractivity contribution in [2.24, 2.45) is 5.41 Å². The summed E-state index contributed by atoms with van der Waals surface area (Å²) in [7, 11) is 0. The number of aliphatic hydroxyl groups is 1. The number of nitrogens with one attached hydrogen (secondary N) is 2. The van der Waals surface area contributed by atoms with E-state index >= 15 is 0 Å². The Balaban J connectivity index is 1.51. The van der Waals surface area contributed by atoms with Crippen LogP contribution in [-0.4, -0.2) is 40.3 Å². The molecule has 0 unspecified atom stereocenters. The largest absolute Gasteiger partial charge is 0.470 e. The van der Waals surface area contributed by atoms with Crippen LogP contribution in [0.4, 0.5) is 4.39 Å². The van der Waals surface area contributed by atoms with Crippen molar-refractivity contribution >= 4 is 5.91 Å². The monoisotopic (exact) mass is 495 g/mol. The Morgan fingerprint density at radius 3 is 2.56 bits per heavy atom. The Bertz CT molecular complexity index is 1090. The molecule has 2 aromatic rings. The highest BCUT2D eigenvalue weighted by Gasteiger charge is 2.42. The van der Waals surface area contributed by atoms with Gasteiger partial charge in [0.2, 0.25) is 11.8 Å². The maximum atomic E-state index is 13.3. The Kier molecular flexibility index (Phi) is 7.81. The van der Waals surface area contributed by atoms with Gasteiger partial charge in [-0.1, -0.05) is 45.1 Å². The fraction of sp³-hybridized carbons (Fsp3) is 0.517. The second-order valence-electron chi connectivity index (χ2n) is 11.5. The molecule has 1 aliphatic carbocycles. The highest BCUT2D eigenvalue weighted by molar-refractivity contribution is 5.73. The third kappa shape index (κ3) is 6.71. The lowest BCUT2D eigenvalue weighted by molar-refractivity contribution is -0.120. The van der Waals surface area contributed by atoms with Crippen LogP contribution in [0.3, 0.4) is 0 Å². The van der Waals surface area contributed by atoms with Gasteiger partial charge in [-0.05, 0) is 47.6 Å². The predicted molar refractivity (Wildman–Crippen MR) is 138 cm³/mol. The highest BCUT2D eigenvalue weighted by atomic mass is 19.1. The lowest BCUT2D eigenvalue weighted by Gasteiger charge is -2.40. The van der Waals surface area contributed by atoms with Crippen LogP contribution in [-0.2, 0) is 17.6 Å². The van der Waals surface area contributed by atoms with Crippen LogP contribution in [0.1, 0.15) is 69.7 Å². The normalized spacial score (nSPS) is 20.0. The van der Waals surface area contributed by atoms with E-state index in [-0.39, 0.29) is 35.3 Å². The quantitative estimate of drug-likeness (QED) is 0.472. The number of fused-ring (bicyclic) bond motifs is 1. The Hall–Kier alpha value is -2.77. The second kappa shape index (κ2) is 10.7. The lowest BCUT2D eigenvalue weighted by Crippen LogP contribution is -2.50. The summed E-state index contributed by atoms with van der Waals surface area (Å²) < 4.78 is 19.8. The summed E-state index contributed by atoms with van der Waals surface area (Å²) in [5.41, 5.74) is 2.82. The fourth-order valence-electron chi connectivity index (χ4n) is 5.22. The summed E-state index contributed by atoms with van der Waals surface area (Å²) >= 11 is 0. The first-order valence-electron chi connectivity index (χ1n) is 12.8. The molecule has 0 bridgehead atoms. The summed E-state index contributed by atoms with van der Waals surface area (Å²) in [6, 6.07) is 7.77. The van der Waals surface area contributed by atoms with Gasteiger partial charge in [0.05, 0.1) is 12.1 Å². The zero-order chi connectivity index (χ0) is 25.9. The van der Waals surface area contributed by atoms with Gasteiger partial charge in [0.25, 0.3) is 0 Å². The molecular formula is C29H38FN3O3. The molecule has 194 valence electrons. The molecule has 4 rings (SSSR count). The number of ether oxygens (including phenoxy) is 1. The molecule has 0 saturated carbocycles. The molecule has 1 aromatic carbocycles. The molecule has 0 fully saturated rings. The van der Waals surface area contributed by atoms with Gasteiger partial charge in [-0.15, -0.1) is 0 Å². The molecule has 0 saturated heterocycles. The summed E-state index contributed by atoms with van der Waals surface area (Å²) in [6.45, 7) is 8.33. The smallest absolute Gasteiger partial charge is 0.218 e. The Labute approximate surface area is 213 Å². The number of pyridine rings is 1. The maximum absolute atomic E-state index is 13.3. The van der Waals surface area contributed by atoms with Gasteiger partial charge >= 0.3 is 0 Å². The maximum Gasteiger partial charge on any atom is 0.218 e. The van der Waals surface area contributed by atoms with Crippen molar-refractivity contribution in [3.8, 4) is 5.88 Å². The van der Waals surface area contributed by atoms with Gasteiger partial charge in [0.1, 0.15) is 11.4 Å². The van der Waals surface area contributed by atoms with E-state index in [0.29, 0.717) is 12.3 Å². The topological polar surface area (TPSA) is 83.5 Å². The first kappa shape index (κ1) is 26.3. The van der Waals surface area contributed by atoms with E-state index in [0.717, 1.165) is 42.4 Å². The average Bonchev–Trinajstić information content (AvgIpc) is 3.24. The number of nitrogens with zero attached hydrogens (tertiary/aromatic N) is 1. The molecular weight excluding hydrogens is 457 g/mol. The number of amides is 1. The van der Waals surface area contributed by atoms with Crippen molar-refractivity contribution in [1.29, 1.82) is 0 Å². The van der Waals surface area contributed by atoms with Crippen LogP contribution in [0, 0.1) is 11.2 Å². The first-order chi connectivity index (χ1) is 17.0. The molecule has 6 nitrogen and oxygen atoms in total. The second-order valence-corrected chi connectivity index (χ2v) is 11.5. The van der Waals surface area contributed by atoms with Gasteiger partial charge < -0.3 is 20.5 Å². The van der Waals surface area contributed by atoms with E-state index in [1.807, 2.05) is 6.20 Å². The number of halogens is 1. The van der Waals surface area contributed by atoms with Crippen LogP contribution in [0.15, 0.2) is 48.7 Å². The molecule has 3 N–H and O–H groups in total. The van der Waals surface area contributed by atoms with Crippen molar-refractivity contribution in [2.45, 2.75) is 83.6 Å². The fourth-order valence-corrected chi connectivity index (χ4v) is 5.22. The van der Waals surface area contributed by atoms with Crippen molar-refractivity contribution in [1.82, 2.24) is 15.6 Å². The van der Waals surface area contributed by atoms with Crippen LogP contribution in [0.5, 0.6) is 5.88 Å². The van der Waals surface area contributed by atoms with Crippen molar-refractivity contribution in [3.05, 3.63) is 71.2 Å². The third-order valence-corrected chi connectivity index (χ3v) is 6.88. The summed E-state index contributed by atoms with van der Waals surface area (Å²) in [6.07, 6.45) is 9.11. The number of benzene rings is 1. The molecule has 3 atom stereocenters.